The van der Waals surface area contributed by atoms with E-state index < -0.39 is 11.6 Å². The minimum atomic E-state index is -0.928. The second-order valence-corrected chi connectivity index (χ2v) is 7.64. The van der Waals surface area contributed by atoms with Gasteiger partial charge in [0.05, 0.1) is 29.6 Å². The Labute approximate surface area is 164 Å². The Balaban J connectivity index is 1.87. The molecule has 0 spiro atoms. The zero-order valence-electron chi connectivity index (χ0n) is 14.8. The zero-order valence-corrected chi connectivity index (χ0v) is 16.4. The van der Waals surface area contributed by atoms with Gasteiger partial charge in [-0.05, 0) is 18.6 Å². The van der Waals surface area contributed by atoms with Crippen molar-refractivity contribution < 1.29 is 14.6 Å². The number of aliphatic hydroxyl groups excluding tert-OH is 1. The molecule has 0 saturated carbocycles. The highest BCUT2D eigenvalue weighted by molar-refractivity contribution is 9.10. The Morgan fingerprint density at radius 2 is 2.11 bits per heavy atom. The number of ether oxygens (including phenoxy) is 1. The highest BCUT2D eigenvalue weighted by Crippen LogP contribution is 2.41. The number of nitrogens with one attached hydrogen (secondary N) is 3. The topological polar surface area (TPSA) is 99.3 Å². The van der Waals surface area contributed by atoms with Crippen LogP contribution in [0.2, 0.25) is 0 Å². The summed E-state index contributed by atoms with van der Waals surface area (Å²) in [5, 5.41) is 17.9. The molecule has 27 heavy (non-hydrogen) atoms. The maximum atomic E-state index is 12.5. The van der Waals surface area contributed by atoms with E-state index >= 15 is 0 Å². The molecular weight excluding hydrogens is 412 g/mol. The Morgan fingerprint density at radius 3 is 2.85 bits per heavy atom. The van der Waals surface area contributed by atoms with Gasteiger partial charge in [0.2, 0.25) is 0 Å². The van der Waals surface area contributed by atoms with Gasteiger partial charge in [-0.3, -0.25) is 4.79 Å². The van der Waals surface area contributed by atoms with Crippen molar-refractivity contribution in [3.8, 4) is 0 Å². The van der Waals surface area contributed by atoms with Crippen LogP contribution < -0.4 is 10.6 Å². The number of hydrogen-bond donors (Lipinski definition) is 4. The lowest BCUT2D eigenvalue weighted by atomic mass is 9.95. The van der Waals surface area contributed by atoms with Crippen LogP contribution >= 0.6 is 15.9 Å². The Bertz CT molecular complexity index is 1030. The number of H-pyrrole nitrogens is 1. The molecular formula is C19H19BrN4O3. The van der Waals surface area contributed by atoms with Crippen LogP contribution in [0.3, 0.4) is 0 Å². The largest absolute Gasteiger partial charge is 0.384 e. The van der Waals surface area contributed by atoms with E-state index in [2.05, 4.69) is 36.5 Å². The van der Waals surface area contributed by atoms with Gasteiger partial charge in [0.15, 0.2) is 0 Å². The summed E-state index contributed by atoms with van der Waals surface area (Å²) < 4.78 is 6.04. The first-order valence-electron chi connectivity index (χ1n) is 8.45. The number of halogens is 1. The van der Waals surface area contributed by atoms with E-state index in [1.165, 1.54) is 0 Å². The molecule has 4 rings (SSSR count). The third-order valence-electron chi connectivity index (χ3n) is 4.81. The molecule has 7 nitrogen and oxygen atoms in total. The van der Waals surface area contributed by atoms with Gasteiger partial charge < -0.3 is 25.5 Å². The summed E-state index contributed by atoms with van der Waals surface area (Å²) in [7, 11) is 1.55. The molecule has 140 valence electrons. The second-order valence-electron chi connectivity index (χ2n) is 6.78. The van der Waals surface area contributed by atoms with Gasteiger partial charge >= 0.3 is 0 Å². The predicted octanol–water partition coefficient (Wildman–Crippen LogP) is 3.18. The predicted molar refractivity (Wildman–Crippen MR) is 107 cm³/mol. The smallest absolute Gasteiger partial charge is 0.252 e. The van der Waals surface area contributed by atoms with E-state index in [0.717, 1.165) is 15.4 Å². The van der Waals surface area contributed by atoms with Crippen molar-refractivity contribution in [1.29, 1.82) is 0 Å². The molecule has 2 atom stereocenters. The molecule has 1 unspecified atom stereocenters. The zero-order chi connectivity index (χ0) is 19.2. The monoisotopic (exact) mass is 430 g/mol. The lowest BCUT2D eigenvalue weighted by molar-refractivity contribution is -0.121. The third kappa shape index (κ3) is 2.90. The molecule has 0 saturated heterocycles. The molecule has 8 heteroatoms. The summed E-state index contributed by atoms with van der Waals surface area (Å²) in [4.78, 5) is 20.0. The molecule has 2 aromatic heterocycles. The molecule has 0 aliphatic carbocycles. The van der Waals surface area contributed by atoms with E-state index in [0.29, 0.717) is 22.6 Å². The number of carbonyl (C=O) groups excluding carboxylic acids is 1. The average Bonchev–Trinajstić information content (AvgIpc) is 3.07. The lowest BCUT2D eigenvalue weighted by Gasteiger charge is -2.35. The molecule has 1 aromatic carbocycles. The van der Waals surface area contributed by atoms with Crippen molar-refractivity contribution in [3.63, 3.8) is 0 Å². The van der Waals surface area contributed by atoms with Gasteiger partial charge in [-0.2, -0.15) is 0 Å². The summed E-state index contributed by atoms with van der Waals surface area (Å²) in [5.41, 5.74) is 2.39. The normalized spacial score (nSPS) is 20.1. The fourth-order valence-electron chi connectivity index (χ4n) is 3.41. The van der Waals surface area contributed by atoms with Crippen molar-refractivity contribution in [2.75, 3.05) is 24.4 Å². The fraction of sp³-hybridized carbons (Fsp3) is 0.263. The Kier molecular flexibility index (Phi) is 4.41. The summed E-state index contributed by atoms with van der Waals surface area (Å²) in [6, 6.07) is 7.52. The SMILES string of the molecule is COC[C@]1(C)Nc2c(cnc3[nH]cc(C(O)c4ccccc4Br)c23)NC1=O. The van der Waals surface area contributed by atoms with Gasteiger partial charge in [0.25, 0.3) is 5.91 Å². The van der Waals surface area contributed by atoms with Crippen molar-refractivity contribution >= 4 is 44.2 Å². The number of aliphatic hydroxyl groups is 1. The van der Waals surface area contributed by atoms with E-state index in [-0.39, 0.29) is 12.5 Å². The quantitative estimate of drug-likeness (QED) is 0.509. The van der Waals surface area contributed by atoms with E-state index in [1.807, 2.05) is 24.3 Å². The van der Waals surface area contributed by atoms with Crippen molar-refractivity contribution in [1.82, 2.24) is 9.97 Å². The van der Waals surface area contributed by atoms with E-state index in [9.17, 15) is 9.90 Å². The molecule has 0 fully saturated rings. The number of pyridine rings is 1. The summed E-state index contributed by atoms with van der Waals surface area (Å²) in [6.45, 7) is 1.98. The maximum Gasteiger partial charge on any atom is 0.252 e. The highest BCUT2D eigenvalue weighted by Gasteiger charge is 2.39. The number of fused-ring (bicyclic) bond motifs is 3. The fourth-order valence-corrected chi connectivity index (χ4v) is 3.91. The average molecular weight is 431 g/mol. The van der Waals surface area contributed by atoms with E-state index in [4.69, 9.17) is 4.74 Å². The minimum absolute atomic E-state index is 0.193. The molecule has 0 radical (unpaired) electrons. The molecule has 1 aliphatic heterocycles. The number of aromatic amines is 1. The summed E-state index contributed by atoms with van der Waals surface area (Å²) in [5.74, 6) is -0.193. The van der Waals surface area contributed by atoms with Crippen LogP contribution in [-0.4, -0.2) is 40.2 Å². The molecule has 4 N–H and O–H groups in total. The van der Waals surface area contributed by atoms with Gasteiger partial charge in [-0.15, -0.1) is 0 Å². The summed E-state index contributed by atoms with van der Waals surface area (Å²) in [6.07, 6.45) is 2.48. The summed E-state index contributed by atoms with van der Waals surface area (Å²) >= 11 is 3.49. The van der Waals surface area contributed by atoms with Crippen molar-refractivity contribution in [3.05, 3.63) is 52.3 Å². The number of rotatable bonds is 4. The molecule has 3 aromatic rings. The molecule has 1 aliphatic rings. The van der Waals surface area contributed by atoms with Gasteiger partial charge in [-0.25, -0.2) is 4.98 Å². The van der Waals surface area contributed by atoms with Gasteiger partial charge in [-0.1, -0.05) is 34.1 Å². The number of benzene rings is 1. The second kappa shape index (κ2) is 6.63. The van der Waals surface area contributed by atoms with Crippen LogP contribution in [0.4, 0.5) is 11.4 Å². The number of aromatic nitrogens is 2. The van der Waals surface area contributed by atoms with Crippen LogP contribution in [0.25, 0.3) is 11.0 Å². The van der Waals surface area contributed by atoms with Crippen molar-refractivity contribution in [2.45, 2.75) is 18.6 Å². The highest BCUT2D eigenvalue weighted by atomic mass is 79.9. The van der Waals surface area contributed by atoms with Crippen LogP contribution in [0.1, 0.15) is 24.2 Å². The lowest BCUT2D eigenvalue weighted by Crippen LogP contribution is -2.53. The Hall–Kier alpha value is -2.42. The number of amides is 1. The number of methoxy groups -OCH3 is 1. The van der Waals surface area contributed by atoms with Crippen LogP contribution in [-0.2, 0) is 9.53 Å². The standard InChI is InChI=1S/C19H19BrN4O3/c1-19(9-27-2)18(26)23-13-8-22-17-14(15(13)24-19)11(7-21-17)16(25)10-5-3-4-6-12(10)20/h3-8,16,24-25H,9H2,1-2H3,(H,21,22)(H,23,26)/t16?,19-/m0/s1. The number of nitrogens with zero attached hydrogens (tertiary/aromatic N) is 1. The molecule has 1 amide bonds. The van der Waals surface area contributed by atoms with Gasteiger partial charge in [0.1, 0.15) is 17.3 Å². The van der Waals surface area contributed by atoms with Crippen LogP contribution in [0.15, 0.2) is 41.1 Å². The number of carbonyl (C=O) groups is 1. The van der Waals surface area contributed by atoms with E-state index in [1.54, 1.807) is 26.4 Å². The minimum Gasteiger partial charge on any atom is -0.384 e. The van der Waals surface area contributed by atoms with Gasteiger partial charge in [0, 0.05) is 23.3 Å². The first-order chi connectivity index (χ1) is 12.9. The number of anilines is 2. The maximum absolute atomic E-state index is 12.5. The Morgan fingerprint density at radius 1 is 1.33 bits per heavy atom. The van der Waals surface area contributed by atoms with Crippen LogP contribution in [0, 0.1) is 0 Å². The molecule has 3 heterocycles. The first kappa shape index (κ1) is 18.0. The first-order valence-corrected chi connectivity index (χ1v) is 9.25. The molecule has 0 bridgehead atoms. The van der Waals surface area contributed by atoms with Crippen LogP contribution in [0.5, 0.6) is 0 Å². The number of hydrogen-bond acceptors (Lipinski definition) is 5. The van der Waals surface area contributed by atoms with Crippen molar-refractivity contribution in [2.24, 2.45) is 0 Å². The third-order valence-corrected chi connectivity index (χ3v) is 5.53.